The number of hydrogen-bond acceptors (Lipinski definition) is 27. The SMILES string of the molecule is CC(=O)C(C)c1ccc(C#N)nc1.CC(=O)C(C)c1ccc(Cl)nc1.CC(=O)Cc1ccc(Cl)nc1.CC(C(=O)O)c1ccc(C#N)nc1.Cc1ccc(CCC(=O)C(C)c2ccc(C#N)nc2)c(N2CCC(C)CC2)n1.Cc1ccc(CCC(=O)C(C)c2ccc(C(N)=O)nc2)c(N2CCC(C)CC2)n1.Cc1ccc(CN)c(N2CCC(C)CC2)n1.O=C(O)Cc1ccc(Cl)nc1.O=S(=O)(O)O. The van der Waals surface area contributed by atoms with E-state index in [-0.39, 0.29) is 64.7 Å². The summed E-state index contributed by atoms with van der Waals surface area (Å²) in [5.74, 6) is 2.64. The molecule has 0 saturated carbocycles. The van der Waals surface area contributed by atoms with Gasteiger partial charge in [0.2, 0.25) is 0 Å². The minimum absolute atomic E-state index is 0.00975. The molecular weight excluding hydrogens is 1840 g/mol. The number of nitrogens with two attached hydrogens (primary N) is 2. The number of hydrogen-bond donors (Lipinski definition) is 6. The van der Waals surface area contributed by atoms with Gasteiger partial charge in [-0.1, -0.05) is 144 Å². The number of nitrogens with zero attached hydrogens (tertiary/aromatic N) is 16. The number of rotatable bonds is 25. The first-order valence-corrected chi connectivity index (χ1v) is 47.5. The normalized spacial score (nSPS) is 13.9. The molecule has 36 heteroatoms. The Labute approximate surface area is 823 Å². The first-order chi connectivity index (χ1) is 65.3. The number of carboxylic acids is 2. The molecule has 138 heavy (non-hydrogen) atoms. The Hall–Kier alpha value is -13.2. The Morgan fingerprint density at radius 2 is 0.717 bits per heavy atom. The molecule has 32 nitrogen and oxygen atoms in total. The number of aryl methyl sites for hydroxylation is 5. The minimum Gasteiger partial charge on any atom is -0.481 e. The number of Topliss-reactive ketones (excluding diaryl/α,β-unsaturated/α-hetero) is 5. The van der Waals surface area contributed by atoms with Crippen LogP contribution in [0, 0.1) is 72.5 Å². The van der Waals surface area contributed by atoms with E-state index in [0.717, 1.165) is 131 Å². The maximum Gasteiger partial charge on any atom is 0.394 e. The van der Waals surface area contributed by atoms with Crippen LogP contribution in [0.3, 0.4) is 0 Å². The van der Waals surface area contributed by atoms with Gasteiger partial charge in [0.05, 0.1) is 12.3 Å². The van der Waals surface area contributed by atoms with Gasteiger partial charge in [0.25, 0.3) is 5.91 Å². The number of nitriles is 3. The molecule has 5 atom stereocenters. The average Bonchev–Trinajstić information content (AvgIpc) is 0.822. The molecule has 3 fully saturated rings. The molecule has 732 valence electrons. The Morgan fingerprint density at radius 3 is 0.986 bits per heavy atom. The summed E-state index contributed by atoms with van der Waals surface area (Å²) in [5.41, 5.74) is 24.4. The van der Waals surface area contributed by atoms with Gasteiger partial charge in [0, 0.05) is 155 Å². The fraction of sp³-hybridized carbons (Fsp3) is 0.402. The number of primary amides is 1. The second kappa shape index (κ2) is 59.1. The van der Waals surface area contributed by atoms with Crippen molar-refractivity contribution in [2.24, 2.45) is 29.2 Å². The lowest BCUT2D eigenvalue weighted by Crippen LogP contribution is -2.34. The van der Waals surface area contributed by atoms with Crippen molar-refractivity contribution in [1.29, 1.82) is 15.8 Å². The number of carbonyl (C=O) groups is 8. The summed E-state index contributed by atoms with van der Waals surface area (Å²) in [4.78, 5) is 139. The summed E-state index contributed by atoms with van der Waals surface area (Å²) >= 11 is 16.6. The third-order valence-electron chi connectivity index (χ3n) is 23.0. The molecule has 0 bridgehead atoms. The van der Waals surface area contributed by atoms with E-state index in [2.05, 4.69) is 93.5 Å². The molecule has 13 heterocycles. The van der Waals surface area contributed by atoms with Crippen LogP contribution >= 0.6 is 34.8 Å². The third-order valence-corrected chi connectivity index (χ3v) is 23.6. The predicted molar refractivity (Wildman–Crippen MR) is 532 cm³/mol. The van der Waals surface area contributed by atoms with Crippen LogP contribution in [0.4, 0.5) is 17.5 Å². The van der Waals surface area contributed by atoms with Crippen LogP contribution in [-0.4, -0.2) is 164 Å². The second-order valence-corrected chi connectivity index (χ2v) is 36.1. The van der Waals surface area contributed by atoms with Gasteiger partial charge in [-0.2, -0.15) is 24.2 Å². The smallest absolute Gasteiger partial charge is 0.394 e. The molecule has 10 aromatic rings. The maximum absolute atomic E-state index is 12.8. The van der Waals surface area contributed by atoms with Crippen LogP contribution < -0.4 is 26.2 Å². The van der Waals surface area contributed by atoms with Gasteiger partial charge in [-0.25, -0.2) is 44.9 Å². The number of halogens is 3. The van der Waals surface area contributed by atoms with E-state index in [9.17, 15) is 38.4 Å². The fourth-order valence-corrected chi connectivity index (χ4v) is 14.1. The van der Waals surface area contributed by atoms with Crippen molar-refractivity contribution in [2.45, 2.75) is 210 Å². The average molecular weight is 1960 g/mol. The van der Waals surface area contributed by atoms with Gasteiger partial charge in [-0.05, 0) is 228 Å². The summed E-state index contributed by atoms with van der Waals surface area (Å²) in [6.45, 7) is 33.6. The van der Waals surface area contributed by atoms with E-state index >= 15 is 0 Å². The van der Waals surface area contributed by atoms with Gasteiger partial charge in [0.1, 0.15) is 103 Å². The van der Waals surface area contributed by atoms with Gasteiger partial charge in [-0.3, -0.25) is 52.4 Å². The summed E-state index contributed by atoms with van der Waals surface area (Å²) in [5, 5.41) is 44.1. The van der Waals surface area contributed by atoms with Gasteiger partial charge < -0.3 is 36.4 Å². The van der Waals surface area contributed by atoms with E-state index in [1.54, 1.807) is 125 Å². The largest absolute Gasteiger partial charge is 0.481 e. The van der Waals surface area contributed by atoms with Crippen molar-refractivity contribution in [1.82, 2.24) is 49.8 Å². The van der Waals surface area contributed by atoms with E-state index in [4.69, 9.17) is 99.8 Å². The molecule has 0 radical (unpaired) electrons. The fourth-order valence-electron chi connectivity index (χ4n) is 13.8. The Bertz CT molecular complexity index is 5730. The van der Waals surface area contributed by atoms with E-state index in [0.29, 0.717) is 82.3 Å². The summed E-state index contributed by atoms with van der Waals surface area (Å²) in [6, 6.07) is 41.7. The van der Waals surface area contributed by atoms with Crippen molar-refractivity contribution < 1.29 is 66.1 Å². The molecule has 5 unspecified atom stereocenters. The second-order valence-electron chi connectivity index (χ2n) is 34.0. The van der Waals surface area contributed by atoms with Crippen LogP contribution in [0.1, 0.15) is 257 Å². The number of carboxylic acid groups (broad SMARTS) is 2. The van der Waals surface area contributed by atoms with Crippen molar-refractivity contribution >= 4 is 109 Å². The quantitative estimate of drug-likeness (QED) is 0.0229. The molecular formula is C102H123Cl3N18O14S. The molecule has 13 rings (SSSR count). The Morgan fingerprint density at radius 1 is 0.420 bits per heavy atom. The number of amides is 1. The highest BCUT2D eigenvalue weighted by Crippen LogP contribution is 2.32. The number of aromatic nitrogens is 10. The number of pyridine rings is 10. The first-order valence-electron chi connectivity index (χ1n) is 45.0. The standard InChI is InChI=1S/C23H30N4O2.C23H28N4O.C13H21N3.C10H10N2O.C9H10ClNO.C9H8N2O2.C8H8ClNO.C7H6ClNO2.H2O4S/c1-15-10-12-27(13-11-15)23-18(5-4-16(2)26-23)7-9-21(28)17(3)19-6-8-20(22(24)29)25-14-19;1-16-10-12-27(13-11-16)23-19(5-4-17(2)26-23)7-9-22(28)18(3)20-6-8-21(14-24)25-15-20;1-10-5-7-16(8-6-10)13-12(9-14)4-3-11(2)15-13;1-7(8(2)13)9-3-4-10(5-11)12-6-9;1-6(7(2)12)8-3-4-9(10)11-5-8;1-6(9(12)13)7-2-3-8(4-10)11-5-7;1-6(11)4-7-2-3-8(9)10-5-7;8-6-2-1-5(4-9-6)3-7(10)11;1-5(2,3)4/h4-6,8,14-15,17H,7,9-13H2,1-3H3,(H2,24,29);4-6,8,15-16,18H,7,9-13H2,1-3H3;3-4,10H,5-9,14H2,1-2H3;3-4,6-7H,1-2H3;3-6H,1-2H3;2-3,5-6H,1H3,(H,12,13);2-3,5H,4H2,1H3;1-2,4H,3H2,(H,10,11);(H2,1,2,3,4). The number of carbonyl (C=O) groups excluding carboxylic acids is 6. The van der Waals surface area contributed by atoms with Crippen molar-refractivity contribution in [2.75, 3.05) is 54.0 Å². The van der Waals surface area contributed by atoms with Gasteiger partial charge >= 0.3 is 22.3 Å². The zero-order valence-corrected chi connectivity index (χ0v) is 83.5. The number of anilines is 3. The highest BCUT2D eigenvalue weighted by atomic mass is 35.5. The van der Waals surface area contributed by atoms with Crippen LogP contribution in [0.15, 0.2) is 165 Å². The molecule has 0 spiro atoms. The lowest BCUT2D eigenvalue weighted by Gasteiger charge is -2.32. The van der Waals surface area contributed by atoms with Gasteiger partial charge in [-0.15, -0.1) is 0 Å². The molecule has 0 aliphatic carbocycles. The highest BCUT2D eigenvalue weighted by molar-refractivity contribution is 7.79. The number of aliphatic carboxylic acids is 2. The molecule has 8 N–H and O–H groups in total. The topological polar surface area (TPSA) is 514 Å². The van der Waals surface area contributed by atoms with Crippen LogP contribution in [0.2, 0.25) is 15.5 Å². The molecule has 0 aromatic carbocycles. The molecule has 3 saturated heterocycles. The first kappa shape index (κ1) is 115. The van der Waals surface area contributed by atoms with Crippen LogP contribution in [0.25, 0.3) is 0 Å². The summed E-state index contributed by atoms with van der Waals surface area (Å²) in [6.07, 6.45) is 20.9. The van der Waals surface area contributed by atoms with E-state index in [1.807, 2.05) is 97.0 Å². The number of ketones is 5. The van der Waals surface area contributed by atoms with Crippen LogP contribution in [-0.2, 0) is 76.2 Å². The molecule has 3 aliphatic rings. The van der Waals surface area contributed by atoms with Crippen molar-refractivity contribution in [3.05, 3.63) is 276 Å². The predicted octanol–water partition coefficient (Wildman–Crippen LogP) is 17.5. The zero-order chi connectivity index (χ0) is 102. The zero-order valence-electron chi connectivity index (χ0n) is 80.4. The van der Waals surface area contributed by atoms with E-state index < -0.39 is 34.2 Å². The lowest BCUT2D eigenvalue weighted by molar-refractivity contribution is -0.138. The third kappa shape index (κ3) is 42.2. The maximum atomic E-state index is 12.8. The minimum atomic E-state index is -4.67. The molecule has 3 aliphatic heterocycles. The van der Waals surface area contributed by atoms with Crippen LogP contribution in [0.5, 0.6) is 0 Å². The highest BCUT2D eigenvalue weighted by Gasteiger charge is 2.26. The molecule has 10 aromatic heterocycles. The Kier molecular flexibility index (Phi) is 49.4. The summed E-state index contributed by atoms with van der Waals surface area (Å²) in [7, 11) is -4.67. The Balaban J connectivity index is 0.000000285. The van der Waals surface area contributed by atoms with Gasteiger partial charge in [0.15, 0.2) is 0 Å². The lowest BCUT2D eigenvalue weighted by atomic mass is 9.93. The monoisotopic (exact) mass is 1960 g/mol. The number of piperidine rings is 3. The van der Waals surface area contributed by atoms with Crippen molar-refractivity contribution in [3.8, 4) is 18.2 Å². The molecule has 1 amide bonds. The van der Waals surface area contributed by atoms with E-state index in [1.165, 1.54) is 62.5 Å². The van der Waals surface area contributed by atoms with Crippen molar-refractivity contribution in [3.63, 3.8) is 0 Å². The summed E-state index contributed by atoms with van der Waals surface area (Å²) < 4.78 is 31.6.